The number of Topliss-reactive ketones (excluding diaryl/α,β-unsaturated/α-hetero) is 2. The van der Waals surface area contributed by atoms with Crippen LogP contribution in [0.2, 0.25) is 0 Å². The number of ether oxygens (including phenoxy) is 3. The highest BCUT2D eigenvalue weighted by Crippen LogP contribution is 2.08. The van der Waals surface area contributed by atoms with Gasteiger partial charge in [-0.25, -0.2) is 0 Å². The molecule has 0 radical (unpaired) electrons. The lowest BCUT2D eigenvalue weighted by molar-refractivity contribution is -0.158. The van der Waals surface area contributed by atoms with Gasteiger partial charge >= 0.3 is 17.9 Å². The van der Waals surface area contributed by atoms with Gasteiger partial charge in [0.15, 0.2) is 11.9 Å². The van der Waals surface area contributed by atoms with Crippen LogP contribution in [0.25, 0.3) is 0 Å². The van der Waals surface area contributed by atoms with E-state index in [1.54, 1.807) is 0 Å². The van der Waals surface area contributed by atoms with Crippen LogP contribution in [0.5, 0.6) is 0 Å². The number of carbonyl (C=O) groups excluding carboxylic acids is 5. The normalized spacial score (nSPS) is 11.2. The Morgan fingerprint density at radius 3 is 1.85 bits per heavy atom. The van der Waals surface area contributed by atoms with Crippen molar-refractivity contribution < 1.29 is 38.2 Å². The van der Waals surface area contributed by atoms with Crippen molar-refractivity contribution >= 4 is 29.5 Å². The van der Waals surface area contributed by atoms with E-state index in [1.807, 2.05) is 0 Å². The first-order chi connectivity index (χ1) is 9.29. The van der Waals surface area contributed by atoms with E-state index in [0.717, 1.165) is 21.1 Å². The van der Waals surface area contributed by atoms with Crippen LogP contribution in [-0.2, 0) is 38.2 Å². The molecule has 0 aromatic carbocycles. The van der Waals surface area contributed by atoms with Crippen molar-refractivity contribution in [1.29, 1.82) is 0 Å². The highest BCUT2D eigenvalue weighted by molar-refractivity contribution is 6.02. The first kappa shape index (κ1) is 17.8. The highest BCUT2D eigenvalue weighted by Gasteiger charge is 2.27. The molecule has 0 fully saturated rings. The monoisotopic (exact) mass is 288 g/mol. The van der Waals surface area contributed by atoms with Gasteiger partial charge in [0.05, 0.1) is 20.6 Å². The van der Waals surface area contributed by atoms with Crippen molar-refractivity contribution in [2.75, 3.05) is 14.2 Å². The lowest BCUT2D eigenvalue weighted by Gasteiger charge is -2.14. The van der Waals surface area contributed by atoms with Gasteiger partial charge in [0, 0.05) is 6.92 Å². The largest absolute Gasteiger partial charge is 0.469 e. The van der Waals surface area contributed by atoms with Crippen LogP contribution in [0.3, 0.4) is 0 Å². The van der Waals surface area contributed by atoms with Crippen molar-refractivity contribution in [3.8, 4) is 0 Å². The fraction of sp³-hybridized carbons (Fsp3) is 0.583. The van der Waals surface area contributed by atoms with Gasteiger partial charge in [-0.3, -0.25) is 24.0 Å². The van der Waals surface area contributed by atoms with E-state index in [2.05, 4.69) is 14.2 Å². The number of carbonyl (C=O) groups is 5. The number of hydrogen-bond acceptors (Lipinski definition) is 8. The maximum Gasteiger partial charge on any atom is 0.313 e. The van der Waals surface area contributed by atoms with Crippen molar-refractivity contribution in [2.45, 2.75) is 32.3 Å². The van der Waals surface area contributed by atoms with Crippen LogP contribution >= 0.6 is 0 Å². The molecule has 8 nitrogen and oxygen atoms in total. The summed E-state index contributed by atoms with van der Waals surface area (Å²) in [5.41, 5.74) is 0. The Hall–Kier alpha value is -2.25. The molecule has 0 rings (SSSR count). The van der Waals surface area contributed by atoms with Crippen LogP contribution in [0.1, 0.15) is 26.2 Å². The maximum absolute atomic E-state index is 11.7. The van der Waals surface area contributed by atoms with Crippen molar-refractivity contribution in [3.63, 3.8) is 0 Å². The molecule has 0 aliphatic rings. The van der Waals surface area contributed by atoms with Gasteiger partial charge in [-0.2, -0.15) is 0 Å². The molecule has 0 N–H and O–H groups in total. The third-order valence-electron chi connectivity index (χ3n) is 2.20. The first-order valence-corrected chi connectivity index (χ1v) is 5.65. The average Bonchev–Trinajstić information content (AvgIpc) is 2.36. The molecular formula is C12H16O8. The second-order valence-electron chi connectivity index (χ2n) is 3.81. The number of hydrogen-bond donors (Lipinski definition) is 0. The van der Waals surface area contributed by atoms with Gasteiger partial charge < -0.3 is 14.2 Å². The minimum atomic E-state index is -1.41. The fourth-order valence-electron chi connectivity index (χ4n) is 1.26. The third-order valence-corrected chi connectivity index (χ3v) is 2.20. The van der Waals surface area contributed by atoms with Gasteiger partial charge in [-0.15, -0.1) is 0 Å². The molecule has 0 spiro atoms. The van der Waals surface area contributed by atoms with Crippen LogP contribution < -0.4 is 0 Å². The van der Waals surface area contributed by atoms with E-state index in [4.69, 9.17) is 0 Å². The lowest BCUT2D eigenvalue weighted by Crippen LogP contribution is -2.31. The quantitative estimate of drug-likeness (QED) is 0.336. The van der Waals surface area contributed by atoms with Gasteiger partial charge in [0.25, 0.3) is 0 Å². The van der Waals surface area contributed by atoms with Crippen molar-refractivity contribution in [2.24, 2.45) is 0 Å². The summed E-state index contributed by atoms with van der Waals surface area (Å²) in [6.45, 7) is 1.06. The minimum Gasteiger partial charge on any atom is -0.469 e. The molecule has 0 bridgehead atoms. The summed E-state index contributed by atoms with van der Waals surface area (Å²) in [5.74, 6) is -3.77. The van der Waals surface area contributed by atoms with Gasteiger partial charge in [0.1, 0.15) is 18.6 Å². The van der Waals surface area contributed by atoms with Crippen LogP contribution in [0.15, 0.2) is 0 Å². The minimum absolute atomic E-state index is 0.496. The Morgan fingerprint density at radius 1 is 0.900 bits per heavy atom. The van der Waals surface area contributed by atoms with E-state index in [1.165, 1.54) is 0 Å². The molecule has 0 saturated carbocycles. The summed E-state index contributed by atoms with van der Waals surface area (Å²) in [6, 6.07) is 0. The highest BCUT2D eigenvalue weighted by atomic mass is 16.5. The van der Waals surface area contributed by atoms with E-state index in [0.29, 0.717) is 0 Å². The average molecular weight is 288 g/mol. The maximum atomic E-state index is 11.7. The van der Waals surface area contributed by atoms with Gasteiger partial charge in [-0.05, 0) is 0 Å². The number of rotatable bonds is 8. The summed E-state index contributed by atoms with van der Waals surface area (Å²) in [6.07, 6.45) is -3.08. The molecule has 0 aromatic rings. The van der Waals surface area contributed by atoms with E-state index in [9.17, 15) is 24.0 Å². The smallest absolute Gasteiger partial charge is 0.313 e. The van der Waals surface area contributed by atoms with E-state index in [-0.39, 0.29) is 0 Å². The Balaban J connectivity index is 4.67. The number of esters is 3. The zero-order valence-electron chi connectivity index (χ0n) is 11.5. The molecule has 8 heteroatoms. The molecule has 112 valence electrons. The van der Waals surface area contributed by atoms with E-state index >= 15 is 0 Å². The standard InChI is InChI=1S/C12H16O8/c1-7(13)20-10(9(15)6-12(17)19-3)4-8(14)5-11(16)18-2/h10H,4-6H2,1-3H3/t10-/m0/s1. The molecule has 0 unspecified atom stereocenters. The molecule has 0 heterocycles. The second kappa shape index (κ2) is 8.78. The van der Waals surface area contributed by atoms with Gasteiger partial charge in [0.2, 0.25) is 0 Å². The Labute approximate surface area is 115 Å². The summed E-state index contributed by atoms with van der Waals surface area (Å²) in [4.78, 5) is 56.0. The predicted molar refractivity (Wildman–Crippen MR) is 63.5 cm³/mol. The van der Waals surface area contributed by atoms with Crippen molar-refractivity contribution in [1.82, 2.24) is 0 Å². The van der Waals surface area contributed by atoms with Crippen LogP contribution in [-0.4, -0.2) is 49.8 Å². The van der Waals surface area contributed by atoms with E-state index < -0.39 is 54.8 Å². The van der Waals surface area contributed by atoms with Crippen LogP contribution in [0.4, 0.5) is 0 Å². The van der Waals surface area contributed by atoms with Crippen LogP contribution in [0, 0.1) is 0 Å². The zero-order valence-corrected chi connectivity index (χ0v) is 11.5. The SMILES string of the molecule is COC(=O)CC(=O)C[C@H](OC(C)=O)C(=O)CC(=O)OC. The molecule has 0 amide bonds. The zero-order chi connectivity index (χ0) is 15.7. The lowest BCUT2D eigenvalue weighted by atomic mass is 10.0. The molecular weight excluding hydrogens is 272 g/mol. The molecule has 0 aliphatic heterocycles. The predicted octanol–water partition coefficient (Wildman–Crippen LogP) is -0.427. The first-order valence-electron chi connectivity index (χ1n) is 5.65. The molecule has 20 heavy (non-hydrogen) atoms. The number of ketones is 2. The Morgan fingerprint density at radius 2 is 1.40 bits per heavy atom. The van der Waals surface area contributed by atoms with Crippen molar-refractivity contribution in [3.05, 3.63) is 0 Å². The summed E-state index contributed by atoms with van der Waals surface area (Å²) < 4.78 is 13.3. The fourth-order valence-corrected chi connectivity index (χ4v) is 1.26. The summed E-state index contributed by atoms with van der Waals surface area (Å²) in [7, 11) is 2.21. The molecule has 0 aromatic heterocycles. The third kappa shape index (κ3) is 7.24. The summed E-state index contributed by atoms with van der Waals surface area (Å²) >= 11 is 0. The second-order valence-corrected chi connectivity index (χ2v) is 3.81. The Kier molecular flexibility index (Phi) is 7.80. The number of methoxy groups -OCH3 is 2. The molecule has 0 saturated heterocycles. The molecule has 0 aliphatic carbocycles. The Bertz CT molecular complexity index is 412. The topological polar surface area (TPSA) is 113 Å². The summed E-state index contributed by atoms with van der Waals surface area (Å²) in [5, 5.41) is 0. The van der Waals surface area contributed by atoms with Gasteiger partial charge in [-0.1, -0.05) is 0 Å². The molecule has 1 atom stereocenters.